The summed E-state index contributed by atoms with van der Waals surface area (Å²) < 4.78 is 0. The molecule has 4 nitrogen and oxygen atoms in total. The van der Waals surface area contributed by atoms with Gasteiger partial charge in [0.25, 0.3) is 0 Å². The first-order valence-corrected chi connectivity index (χ1v) is 6.79. The van der Waals surface area contributed by atoms with E-state index in [4.69, 9.17) is 5.11 Å². The zero-order chi connectivity index (χ0) is 13.9. The van der Waals surface area contributed by atoms with Gasteiger partial charge >= 0.3 is 5.97 Å². The van der Waals surface area contributed by atoms with Gasteiger partial charge in [-0.15, -0.1) is 0 Å². The SMILES string of the molecule is CCCCCCC(O)(O)C/C=C\CCCC(=O)O. The smallest absolute Gasteiger partial charge is 0.303 e. The summed E-state index contributed by atoms with van der Waals surface area (Å²) in [6, 6.07) is 0. The van der Waals surface area contributed by atoms with E-state index in [0.29, 0.717) is 19.3 Å². The summed E-state index contributed by atoms with van der Waals surface area (Å²) in [5.74, 6) is -2.41. The van der Waals surface area contributed by atoms with Crippen LogP contribution in [0.5, 0.6) is 0 Å². The molecule has 18 heavy (non-hydrogen) atoms. The molecule has 0 aromatic rings. The number of aliphatic hydroxyl groups is 2. The number of hydrogen-bond donors (Lipinski definition) is 3. The molecule has 106 valence electrons. The van der Waals surface area contributed by atoms with Crippen LogP contribution >= 0.6 is 0 Å². The summed E-state index contributed by atoms with van der Waals surface area (Å²) in [5.41, 5.74) is 0. The Morgan fingerprint density at radius 3 is 2.44 bits per heavy atom. The first-order chi connectivity index (χ1) is 8.48. The Bertz CT molecular complexity index is 246. The number of carboxylic acid groups (broad SMARTS) is 1. The molecule has 0 aromatic carbocycles. The molecule has 0 atom stereocenters. The van der Waals surface area contributed by atoms with E-state index in [1.54, 1.807) is 6.08 Å². The van der Waals surface area contributed by atoms with Crippen molar-refractivity contribution in [3.05, 3.63) is 12.2 Å². The second kappa shape index (κ2) is 10.1. The maximum Gasteiger partial charge on any atom is 0.303 e. The minimum Gasteiger partial charge on any atom is -0.481 e. The molecule has 0 aliphatic carbocycles. The van der Waals surface area contributed by atoms with E-state index in [0.717, 1.165) is 25.7 Å². The molecule has 0 aliphatic heterocycles. The van der Waals surface area contributed by atoms with Gasteiger partial charge in [-0.05, 0) is 19.3 Å². The first kappa shape index (κ1) is 17.1. The van der Waals surface area contributed by atoms with Gasteiger partial charge < -0.3 is 15.3 Å². The van der Waals surface area contributed by atoms with Crippen molar-refractivity contribution < 1.29 is 20.1 Å². The third-order valence-electron chi connectivity index (χ3n) is 2.80. The lowest BCUT2D eigenvalue weighted by atomic mass is 10.0. The Kier molecular flexibility index (Phi) is 9.60. The van der Waals surface area contributed by atoms with Crippen LogP contribution in [0.2, 0.25) is 0 Å². The van der Waals surface area contributed by atoms with Crippen molar-refractivity contribution in [3.8, 4) is 0 Å². The number of rotatable bonds is 11. The molecular weight excluding hydrogens is 232 g/mol. The fourth-order valence-corrected chi connectivity index (χ4v) is 1.70. The highest BCUT2D eigenvalue weighted by Gasteiger charge is 2.19. The van der Waals surface area contributed by atoms with Gasteiger partial charge in [-0.1, -0.05) is 38.3 Å². The summed E-state index contributed by atoms with van der Waals surface area (Å²) in [6.07, 6.45) is 9.68. The van der Waals surface area contributed by atoms with Crippen LogP contribution in [0, 0.1) is 0 Å². The monoisotopic (exact) mass is 258 g/mol. The highest BCUT2D eigenvalue weighted by Crippen LogP contribution is 2.17. The van der Waals surface area contributed by atoms with E-state index in [1.807, 2.05) is 6.08 Å². The summed E-state index contributed by atoms with van der Waals surface area (Å²) in [5, 5.41) is 27.8. The highest BCUT2D eigenvalue weighted by atomic mass is 16.5. The Hall–Kier alpha value is -0.870. The third kappa shape index (κ3) is 11.6. The Balaban J connectivity index is 3.61. The molecule has 0 saturated carbocycles. The zero-order valence-corrected chi connectivity index (χ0v) is 11.3. The fourth-order valence-electron chi connectivity index (χ4n) is 1.70. The van der Waals surface area contributed by atoms with Crippen LogP contribution in [0.1, 0.15) is 64.7 Å². The molecule has 0 aliphatic rings. The summed E-state index contributed by atoms with van der Waals surface area (Å²) in [6.45, 7) is 2.12. The van der Waals surface area contributed by atoms with Gasteiger partial charge in [-0.2, -0.15) is 0 Å². The van der Waals surface area contributed by atoms with Crippen LogP contribution in [-0.2, 0) is 4.79 Å². The third-order valence-corrected chi connectivity index (χ3v) is 2.80. The lowest BCUT2D eigenvalue weighted by Crippen LogP contribution is -2.26. The zero-order valence-electron chi connectivity index (χ0n) is 11.3. The Labute approximate surface area is 109 Å². The van der Waals surface area contributed by atoms with Gasteiger partial charge in [0, 0.05) is 19.3 Å². The van der Waals surface area contributed by atoms with Crippen molar-refractivity contribution >= 4 is 5.97 Å². The molecule has 0 spiro atoms. The minimum atomic E-state index is -1.61. The van der Waals surface area contributed by atoms with E-state index < -0.39 is 11.8 Å². The predicted octanol–water partition coefficient (Wildman–Crippen LogP) is 2.84. The average molecular weight is 258 g/mol. The van der Waals surface area contributed by atoms with Crippen molar-refractivity contribution in [1.82, 2.24) is 0 Å². The quantitative estimate of drug-likeness (QED) is 0.302. The van der Waals surface area contributed by atoms with Crippen LogP contribution in [0.4, 0.5) is 0 Å². The van der Waals surface area contributed by atoms with Gasteiger partial charge in [0.1, 0.15) is 0 Å². The number of carbonyl (C=O) groups is 1. The second-order valence-corrected chi connectivity index (χ2v) is 4.75. The number of carboxylic acids is 1. The number of hydrogen-bond acceptors (Lipinski definition) is 3. The van der Waals surface area contributed by atoms with Gasteiger partial charge in [0.05, 0.1) is 0 Å². The predicted molar refractivity (Wildman–Crippen MR) is 71.2 cm³/mol. The normalized spacial score (nSPS) is 12.2. The van der Waals surface area contributed by atoms with Crippen molar-refractivity contribution in [3.63, 3.8) is 0 Å². The minimum absolute atomic E-state index is 0.157. The van der Waals surface area contributed by atoms with Gasteiger partial charge in [-0.3, -0.25) is 4.79 Å². The molecule has 3 N–H and O–H groups in total. The molecule has 0 aromatic heterocycles. The van der Waals surface area contributed by atoms with Crippen LogP contribution in [0.15, 0.2) is 12.2 Å². The van der Waals surface area contributed by atoms with Gasteiger partial charge in [0.2, 0.25) is 0 Å². The Morgan fingerprint density at radius 1 is 1.11 bits per heavy atom. The van der Waals surface area contributed by atoms with E-state index in [9.17, 15) is 15.0 Å². The second-order valence-electron chi connectivity index (χ2n) is 4.75. The molecule has 0 bridgehead atoms. The maximum absolute atomic E-state index is 10.3. The fraction of sp³-hybridized carbons (Fsp3) is 0.786. The van der Waals surface area contributed by atoms with E-state index in [1.165, 1.54) is 0 Å². The topological polar surface area (TPSA) is 77.8 Å². The summed E-state index contributed by atoms with van der Waals surface area (Å²) in [7, 11) is 0. The molecule has 0 saturated heterocycles. The standard InChI is InChI=1S/C14H26O4/c1-2-3-4-8-11-14(17,18)12-9-6-5-7-10-13(15)16/h6,9,17-18H,2-5,7-8,10-12H2,1H3,(H,15,16)/b9-6-. The molecule has 0 rings (SSSR count). The number of allylic oxidation sites excluding steroid dienone is 1. The van der Waals surface area contributed by atoms with Crippen molar-refractivity contribution in [2.24, 2.45) is 0 Å². The largest absolute Gasteiger partial charge is 0.481 e. The molecule has 0 unspecified atom stereocenters. The molecular formula is C14H26O4. The Morgan fingerprint density at radius 2 is 1.83 bits per heavy atom. The summed E-state index contributed by atoms with van der Waals surface area (Å²) >= 11 is 0. The molecule has 0 fully saturated rings. The van der Waals surface area contributed by atoms with Crippen molar-refractivity contribution in [2.75, 3.05) is 0 Å². The van der Waals surface area contributed by atoms with Gasteiger partial charge in [-0.25, -0.2) is 0 Å². The molecule has 0 radical (unpaired) electrons. The van der Waals surface area contributed by atoms with Crippen molar-refractivity contribution in [2.45, 2.75) is 70.5 Å². The molecule has 0 heterocycles. The van der Waals surface area contributed by atoms with Gasteiger partial charge in [0.15, 0.2) is 5.79 Å². The number of unbranched alkanes of at least 4 members (excludes halogenated alkanes) is 4. The van der Waals surface area contributed by atoms with E-state index in [2.05, 4.69) is 6.92 Å². The van der Waals surface area contributed by atoms with E-state index in [-0.39, 0.29) is 12.8 Å². The highest BCUT2D eigenvalue weighted by molar-refractivity contribution is 5.66. The van der Waals surface area contributed by atoms with Crippen LogP contribution in [0.25, 0.3) is 0 Å². The lowest BCUT2D eigenvalue weighted by Gasteiger charge is -2.19. The maximum atomic E-state index is 10.3. The van der Waals surface area contributed by atoms with Crippen LogP contribution in [0.3, 0.4) is 0 Å². The number of aliphatic carboxylic acids is 1. The van der Waals surface area contributed by atoms with E-state index >= 15 is 0 Å². The van der Waals surface area contributed by atoms with Crippen LogP contribution < -0.4 is 0 Å². The average Bonchev–Trinajstić information content (AvgIpc) is 2.29. The van der Waals surface area contributed by atoms with Crippen molar-refractivity contribution in [1.29, 1.82) is 0 Å². The molecule has 0 amide bonds. The first-order valence-electron chi connectivity index (χ1n) is 6.79. The van der Waals surface area contributed by atoms with Crippen LogP contribution in [-0.4, -0.2) is 27.1 Å². The summed E-state index contributed by atoms with van der Waals surface area (Å²) in [4.78, 5) is 10.3. The molecule has 4 heteroatoms. The lowest BCUT2D eigenvalue weighted by molar-refractivity contribution is -0.163.